The van der Waals surface area contributed by atoms with Crippen LogP contribution in [0.1, 0.15) is 32.6 Å². The van der Waals surface area contributed by atoms with Gasteiger partial charge in [-0.1, -0.05) is 34.9 Å². The van der Waals surface area contributed by atoms with Crippen LogP contribution in [-0.2, 0) is 0 Å². The van der Waals surface area contributed by atoms with Crippen molar-refractivity contribution >= 4 is 21.6 Å². The molecule has 74 valence electrons. The van der Waals surface area contributed by atoms with E-state index in [1.54, 1.807) is 0 Å². The first-order valence-corrected chi connectivity index (χ1v) is 6.86. The largest absolute Gasteiger partial charge is 0.368 e. The Hall–Kier alpha value is 0.620. The molecule has 0 aromatic rings. The second-order valence-corrected chi connectivity index (χ2v) is 5.32. The molecule has 1 heterocycles. The van der Waals surface area contributed by atoms with Crippen molar-refractivity contribution < 1.29 is 10.2 Å². The van der Waals surface area contributed by atoms with Crippen molar-refractivity contribution in [2.45, 2.75) is 38.9 Å². The molecule has 4 heteroatoms. The van der Waals surface area contributed by atoms with E-state index < -0.39 is 6.29 Å². The van der Waals surface area contributed by atoms with E-state index in [9.17, 15) is 0 Å². The smallest absolute Gasteiger partial charge is 0.151 e. The zero-order chi connectivity index (χ0) is 9.23. The maximum atomic E-state index is 8.24. The van der Waals surface area contributed by atoms with Crippen LogP contribution in [0.4, 0.5) is 0 Å². The van der Waals surface area contributed by atoms with Crippen LogP contribution in [0.25, 0.3) is 0 Å². The van der Waals surface area contributed by atoms with Crippen molar-refractivity contribution in [1.29, 1.82) is 0 Å². The lowest BCUT2D eigenvalue weighted by Gasteiger charge is -1.97. The first kappa shape index (κ1) is 12.6. The van der Waals surface area contributed by atoms with Gasteiger partial charge in [-0.15, -0.1) is 0 Å². The minimum Gasteiger partial charge on any atom is -0.368 e. The van der Waals surface area contributed by atoms with Crippen molar-refractivity contribution in [2.24, 2.45) is 0 Å². The Bertz CT molecular complexity index is 77.5. The summed E-state index contributed by atoms with van der Waals surface area (Å²) in [5, 5.41) is 16.5. The quantitative estimate of drug-likeness (QED) is 0.554. The lowest BCUT2D eigenvalue weighted by atomic mass is 10.2. The minimum atomic E-state index is -1.10. The fourth-order valence-corrected chi connectivity index (χ4v) is 3.04. The third-order valence-corrected chi connectivity index (χ3v) is 3.93. The molecule has 0 atom stereocenters. The van der Waals surface area contributed by atoms with Crippen molar-refractivity contribution in [3.8, 4) is 0 Å². The van der Waals surface area contributed by atoms with Gasteiger partial charge in [0.15, 0.2) is 6.29 Å². The summed E-state index contributed by atoms with van der Waals surface area (Å²) in [6, 6.07) is 0. The Kier molecular flexibility index (Phi) is 10.2. The van der Waals surface area contributed by atoms with Crippen molar-refractivity contribution in [1.82, 2.24) is 0 Å². The van der Waals surface area contributed by atoms with Crippen LogP contribution in [0, 0.1) is 0 Å². The third kappa shape index (κ3) is 10.6. The third-order valence-electron chi connectivity index (χ3n) is 1.35. The van der Waals surface area contributed by atoms with Crippen molar-refractivity contribution in [3.63, 3.8) is 0 Å². The Balaban J connectivity index is 0.000000211. The maximum absolute atomic E-state index is 8.24. The summed E-state index contributed by atoms with van der Waals surface area (Å²) in [5.74, 6) is 2.76. The highest BCUT2D eigenvalue weighted by Crippen LogP contribution is 2.29. The van der Waals surface area contributed by atoms with Gasteiger partial charge in [-0.25, -0.2) is 0 Å². The molecule has 0 radical (unpaired) electrons. The first-order chi connectivity index (χ1) is 5.77. The standard InChI is InChI=1S/C5H12O2.C3H6S2/c1-2-3-4-5(6)7;1-2-4-5-3-1/h5-7H,2-4H2,1H3;1-3H2. The SMILES string of the molecule is C1CSSC1.CCCCC(O)O. The van der Waals surface area contributed by atoms with Gasteiger partial charge in [-0.2, -0.15) is 0 Å². The molecular weight excluding hydrogens is 192 g/mol. The number of aliphatic hydroxyl groups excluding tert-OH is 1. The second-order valence-electron chi connectivity index (χ2n) is 2.62. The monoisotopic (exact) mass is 210 g/mol. The van der Waals surface area contributed by atoms with Crippen LogP contribution in [0.5, 0.6) is 0 Å². The summed E-state index contributed by atoms with van der Waals surface area (Å²) in [6.07, 6.45) is 2.76. The average Bonchev–Trinajstić information content (AvgIpc) is 2.57. The van der Waals surface area contributed by atoms with E-state index in [2.05, 4.69) is 0 Å². The molecular formula is C8H18O2S2. The molecule has 0 spiro atoms. The summed E-state index contributed by atoms with van der Waals surface area (Å²) >= 11 is 0. The molecule has 0 amide bonds. The molecule has 12 heavy (non-hydrogen) atoms. The summed E-state index contributed by atoms with van der Waals surface area (Å²) in [6.45, 7) is 2.02. The van der Waals surface area contributed by atoms with Gasteiger partial charge in [0.25, 0.3) is 0 Å². The molecule has 2 N–H and O–H groups in total. The summed E-state index contributed by atoms with van der Waals surface area (Å²) in [5.41, 5.74) is 0. The molecule has 1 fully saturated rings. The normalized spacial score (nSPS) is 16.0. The lowest BCUT2D eigenvalue weighted by molar-refractivity contribution is -0.0463. The van der Waals surface area contributed by atoms with E-state index >= 15 is 0 Å². The van der Waals surface area contributed by atoms with Crippen LogP contribution in [-0.4, -0.2) is 28.0 Å². The van der Waals surface area contributed by atoms with Crippen LogP contribution in [0.2, 0.25) is 0 Å². The van der Waals surface area contributed by atoms with E-state index in [-0.39, 0.29) is 0 Å². The molecule has 1 aliphatic rings. The van der Waals surface area contributed by atoms with Gasteiger partial charge in [0.2, 0.25) is 0 Å². The molecule has 1 rings (SSSR count). The predicted octanol–water partition coefficient (Wildman–Crippen LogP) is 2.26. The van der Waals surface area contributed by atoms with E-state index in [1.807, 2.05) is 28.5 Å². The average molecular weight is 210 g/mol. The van der Waals surface area contributed by atoms with E-state index in [0.29, 0.717) is 6.42 Å². The fraction of sp³-hybridized carbons (Fsp3) is 1.00. The van der Waals surface area contributed by atoms with Crippen molar-refractivity contribution in [2.75, 3.05) is 11.5 Å². The van der Waals surface area contributed by atoms with Gasteiger partial charge < -0.3 is 10.2 Å². The Morgan fingerprint density at radius 2 is 1.83 bits per heavy atom. The van der Waals surface area contributed by atoms with Gasteiger partial charge in [0.1, 0.15) is 0 Å². The molecule has 0 aromatic carbocycles. The topological polar surface area (TPSA) is 40.5 Å². The zero-order valence-electron chi connectivity index (χ0n) is 7.53. The molecule has 2 nitrogen and oxygen atoms in total. The second kappa shape index (κ2) is 9.71. The van der Waals surface area contributed by atoms with E-state index in [1.165, 1.54) is 17.9 Å². The van der Waals surface area contributed by atoms with Gasteiger partial charge in [-0.3, -0.25) is 0 Å². The van der Waals surface area contributed by atoms with Crippen LogP contribution in [0.15, 0.2) is 0 Å². The lowest BCUT2D eigenvalue weighted by Crippen LogP contribution is -2.02. The number of hydrogen-bond acceptors (Lipinski definition) is 4. The highest BCUT2D eigenvalue weighted by atomic mass is 33.1. The number of aliphatic hydroxyl groups is 2. The maximum Gasteiger partial charge on any atom is 0.151 e. The summed E-state index contributed by atoms with van der Waals surface area (Å²) in [4.78, 5) is 0. The number of hydrogen-bond donors (Lipinski definition) is 2. The highest BCUT2D eigenvalue weighted by Gasteiger charge is 1.96. The summed E-state index contributed by atoms with van der Waals surface area (Å²) in [7, 11) is 3.98. The van der Waals surface area contributed by atoms with Crippen LogP contribution < -0.4 is 0 Å². The van der Waals surface area contributed by atoms with Gasteiger partial charge in [0.05, 0.1) is 0 Å². The molecule has 1 saturated heterocycles. The Morgan fingerprint density at radius 1 is 1.25 bits per heavy atom. The molecule has 1 aliphatic heterocycles. The molecule has 0 saturated carbocycles. The Morgan fingerprint density at radius 3 is 2.00 bits per heavy atom. The molecule has 0 bridgehead atoms. The highest BCUT2D eigenvalue weighted by molar-refractivity contribution is 8.77. The van der Waals surface area contributed by atoms with Gasteiger partial charge >= 0.3 is 0 Å². The fourth-order valence-electron chi connectivity index (χ4n) is 0.681. The van der Waals surface area contributed by atoms with E-state index in [0.717, 1.165) is 12.8 Å². The number of unbranched alkanes of at least 4 members (excludes halogenated alkanes) is 1. The van der Waals surface area contributed by atoms with Crippen LogP contribution >= 0.6 is 21.6 Å². The van der Waals surface area contributed by atoms with Crippen LogP contribution in [0.3, 0.4) is 0 Å². The first-order valence-electron chi connectivity index (χ1n) is 4.38. The van der Waals surface area contributed by atoms with Gasteiger partial charge in [-0.05, 0) is 19.3 Å². The minimum absolute atomic E-state index is 0.510. The van der Waals surface area contributed by atoms with Gasteiger partial charge in [0, 0.05) is 11.5 Å². The molecule has 0 aromatic heterocycles. The summed E-state index contributed by atoms with van der Waals surface area (Å²) < 4.78 is 0. The molecule has 0 unspecified atom stereocenters. The number of rotatable bonds is 3. The van der Waals surface area contributed by atoms with Crippen molar-refractivity contribution in [3.05, 3.63) is 0 Å². The predicted molar refractivity (Wildman–Crippen MR) is 57.3 cm³/mol. The molecule has 0 aliphatic carbocycles. The zero-order valence-corrected chi connectivity index (χ0v) is 9.16. The Labute approximate surface area is 82.5 Å². The van der Waals surface area contributed by atoms with E-state index in [4.69, 9.17) is 10.2 Å².